The van der Waals surface area contributed by atoms with Crippen molar-refractivity contribution in [2.45, 2.75) is 44.8 Å². The van der Waals surface area contributed by atoms with E-state index in [0.717, 1.165) is 13.0 Å². The maximum absolute atomic E-state index is 12.1. The Bertz CT molecular complexity index is 327. The van der Waals surface area contributed by atoms with Crippen LogP contribution >= 0.6 is 0 Å². The molecule has 1 aromatic rings. The Balaban J connectivity index is 2.51. The second-order valence-corrected chi connectivity index (χ2v) is 4.14. The first-order valence-corrected chi connectivity index (χ1v) is 6.09. The van der Waals surface area contributed by atoms with E-state index < -0.39 is 12.6 Å². The number of nitrogens with one attached hydrogen (secondary N) is 1. The van der Waals surface area contributed by atoms with Crippen LogP contribution in [0.1, 0.15) is 44.3 Å². The van der Waals surface area contributed by atoms with Gasteiger partial charge >= 0.3 is 6.18 Å². The number of halogens is 3. The molecule has 0 amide bonds. The van der Waals surface area contributed by atoms with Crippen molar-refractivity contribution in [1.82, 2.24) is 15.3 Å². The quantitative estimate of drug-likeness (QED) is 0.818. The third-order valence-corrected chi connectivity index (χ3v) is 2.53. The summed E-state index contributed by atoms with van der Waals surface area (Å²) in [6.07, 6.45) is 1.31. The molecule has 0 aromatic carbocycles. The smallest absolute Gasteiger partial charge is 0.309 e. The molecule has 0 bridgehead atoms. The lowest BCUT2D eigenvalue weighted by atomic mass is 10.1. The molecule has 1 unspecified atom stereocenters. The van der Waals surface area contributed by atoms with Gasteiger partial charge in [0.1, 0.15) is 0 Å². The second kappa shape index (κ2) is 7.31. The average molecular weight is 261 g/mol. The van der Waals surface area contributed by atoms with Crippen LogP contribution in [0.15, 0.2) is 18.6 Å². The minimum absolute atomic E-state index is 0.0987. The van der Waals surface area contributed by atoms with Crippen molar-refractivity contribution < 1.29 is 13.2 Å². The lowest BCUT2D eigenvalue weighted by molar-refractivity contribution is -0.135. The van der Waals surface area contributed by atoms with E-state index in [1.165, 1.54) is 0 Å². The van der Waals surface area contributed by atoms with E-state index in [1.807, 2.05) is 6.92 Å². The minimum Gasteiger partial charge on any atom is -0.309 e. The molecule has 0 aliphatic carbocycles. The number of rotatable bonds is 7. The van der Waals surface area contributed by atoms with E-state index in [9.17, 15) is 13.2 Å². The largest absolute Gasteiger partial charge is 0.389 e. The Morgan fingerprint density at radius 1 is 1.33 bits per heavy atom. The maximum Gasteiger partial charge on any atom is 0.389 e. The van der Waals surface area contributed by atoms with Gasteiger partial charge in [0.05, 0.1) is 11.7 Å². The van der Waals surface area contributed by atoms with Crippen LogP contribution in [0.4, 0.5) is 13.2 Å². The zero-order valence-corrected chi connectivity index (χ0v) is 10.4. The molecule has 1 N–H and O–H groups in total. The first kappa shape index (κ1) is 14.9. The zero-order valence-electron chi connectivity index (χ0n) is 10.4. The first-order valence-electron chi connectivity index (χ1n) is 6.09. The molecule has 1 rings (SSSR count). The first-order chi connectivity index (χ1) is 8.53. The van der Waals surface area contributed by atoms with E-state index in [1.54, 1.807) is 18.6 Å². The summed E-state index contributed by atoms with van der Waals surface area (Å²) < 4.78 is 36.3. The molecule has 0 radical (unpaired) electrons. The Kier molecular flexibility index (Phi) is 6.04. The zero-order chi connectivity index (χ0) is 13.4. The van der Waals surface area contributed by atoms with Gasteiger partial charge < -0.3 is 5.32 Å². The van der Waals surface area contributed by atoms with Gasteiger partial charge in [-0.25, -0.2) is 0 Å². The minimum atomic E-state index is -4.09. The molecule has 6 heteroatoms. The molecule has 0 spiro atoms. The summed E-state index contributed by atoms with van der Waals surface area (Å²) in [5.41, 5.74) is 0.702. The lowest BCUT2D eigenvalue weighted by Crippen LogP contribution is -2.23. The van der Waals surface area contributed by atoms with Crippen molar-refractivity contribution in [3.63, 3.8) is 0 Å². The molecule has 0 aliphatic heterocycles. The number of alkyl halides is 3. The van der Waals surface area contributed by atoms with E-state index in [4.69, 9.17) is 0 Å². The average Bonchev–Trinajstić information content (AvgIpc) is 2.33. The normalized spacial score (nSPS) is 13.6. The van der Waals surface area contributed by atoms with Gasteiger partial charge in [-0.15, -0.1) is 0 Å². The Hall–Kier alpha value is -1.17. The summed E-state index contributed by atoms with van der Waals surface area (Å²) in [7, 11) is 0. The highest BCUT2D eigenvalue weighted by Gasteiger charge is 2.27. The molecule has 1 aromatic heterocycles. The molecule has 3 nitrogen and oxygen atoms in total. The molecule has 0 fully saturated rings. The Labute approximate surface area is 105 Å². The number of hydrogen-bond acceptors (Lipinski definition) is 3. The fraction of sp³-hybridized carbons (Fsp3) is 0.667. The third-order valence-electron chi connectivity index (χ3n) is 2.53. The fourth-order valence-corrected chi connectivity index (χ4v) is 1.67. The van der Waals surface area contributed by atoms with Crippen LogP contribution in [-0.2, 0) is 0 Å². The van der Waals surface area contributed by atoms with Crippen molar-refractivity contribution in [2.75, 3.05) is 6.54 Å². The van der Waals surface area contributed by atoms with Gasteiger partial charge in [0, 0.05) is 25.0 Å². The van der Waals surface area contributed by atoms with Crippen LogP contribution in [0.3, 0.4) is 0 Å². The van der Waals surface area contributed by atoms with E-state index in [0.29, 0.717) is 12.1 Å². The van der Waals surface area contributed by atoms with E-state index in [2.05, 4.69) is 15.3 Å². The fourth-order valence-electron chi connectivity index (χ4n) is 1.67. The van der Waals surface area contributed by atoms with Gasteiger partial charge in [-0.3, -0.25) is 9.97 Å². The summed E-state index contributed by atoms with van der Waals surface area (Å²) in [4.78, 5) is 8.09. The van der Waals surface area contributed by atoms with Crippen LogP contribution in [0.2, 0.25) is 0 Å². The number of nitrogens with zero attached hydrogens (tertiary/aromatic N) is 2. The SMILES string of the molecule is CCCNC(CCCC(F)(F)F)c1cnccn1. The molecular weight excluding hydrogens is 243 g/mol. The molecule has 1 heterocycles. The van der Waals surface area contributed by atoms with Crippen molar-refractivity contribution in [1.29, 1.82) is 0 Å². The number of hydrogen-bond donors (Lipinski definition) is 1. The monoisotopic (exact) mass is 261 g/mol. The summed E-state index contributed by atoms with van der Waals surface area (Å²) in [6, 6.07) is -0.152. The molecule has 18 heavy (non-hydrogen) atoms. The van der Waals surface area contributed by atoms with Gasteiger partial charge in [0.15, 0.2) is 0 Å². The van der Waals surface area contributed by atoms with Crippen molar-refractivity contribution in [3.05, 3.63) is 24.3 Å². The molecule has 0 saturated carbocycles. The summed E-state index contributed by atoms with van der Waals surface area (Å²) in [5, 5.41) is 3.20. The highest BCUT2D eigenvalue weighted by atomic mass is 19.4. The van der Waals surface area contributed by atoms with Gasteiger partial charge in [-0.2, -0.15) is 13.2 Å². The molecule has 0 saturated heterocycles. The molecule has 1 atom stereocenters. The highest BCUT2D eigenvalue weighted by molar-refractivity contribution is 5.02. The standard InChI is InChI=1S/C12H18F3N3/c1-2-6-17-10(4-3-5-12(13,14)15)11-9-16-7-8-18-11/h7-10,17H,2-6H2,1H3. The Morgan fingerprint density at radius 3 is 2.67 bits per heavy atom. The van der Waals surface area contributed by atoms with Crippen LogP contribution in [0, 0.1) is 0 Å². The van der Waals surface area contributed by atoms with Gasteiger partial charge in [0.25, 0.3) is 0 Å². The van der Waals surface area contributed by atoms with Crippen molar-refractivity contribution in [3.8, 4) is 0 Å². The number of aromatic nitrogens is 2. The second-order valence-electron chi connectivity index (χ2n) is 4.14. The van der Waals surface area contributed by atoms with Gasteiger partial charge in [-0.05, 0) is 25.8 Å². The van der Waals surface area contributed by atoms with Crippen molar-refractivity contribution >= 4 is 0 Å². The predicted octanol–water partition coefficient (Wildman–Crippen LogP) is 3.25. The highest BCUT2D eigenvalue weighted by Crippen LogP contribution is 2.25. The maximum atomic E-state index is 12.1. The van der Waals surface area contributed by atoms with E-state index in [-0.39, 0.29) is 12.5 Å². The molecule has 0 aliphatic rings. The topological polar surface area (TPSA) is 37.8 Å². The van der Waals surface area contributed by atoms with Crippen LogP contribution < -0.4 is 5.32 Å². The molecule has 102 valence electrons. The third kappa shape index (κ3) is 5.95. The Morgan fingerprint density at radius 2 is 2.11 bits per heavy atom. The van der Waals surface area contributed by atoms with Crippen LogP contribution in [0.5, 0.6) is 0 Å². The summed E-state index contributed by atoms with van der Waals surface area (Å²) in [5.74, 6) is 0. The lowest BCUT2D eigenvalue weighted by Gasteiger charge is -2.17. The van der Waals surface area contributed by atoms with Gasteiger partial charge in [0.2, 0.25) is 0 Å². The summed E-state index contributed by atoms with van der Waals surface area (Å²) >= 11 is 0. The van der Waals surface area contributed by atoms with Crippen molar-refractivity contribution in [2.24, 2.45) is 0 Å². The summed E-state index contributed by atoms with van der Waals surface area (Å²) in [6.45, 7) is 2.77. The van der Waals surface area contributed by atoms with Gasteiger partial charge in [-0.1, -0.05) is 6.92 Å². The van der Waals surface area contributed by atoms with Crippen LogP contribution in [-0.4, -0.2) is 22.7 Å². The van der Waals surface area contributed by atoms with E-state index >= 15 is 0 Å². The molecular formula is C12H18F3N3. The predicted molar refractivity (Wildman–Crippen MR) is 63.0 cm³/mol. The van der Waals surface area contributed by atoms with Crippen LogP contribution in [0.25, 0.3) is 0 Å².